The summed E-state index contributed by atoms with van der Waals surface area (Å²) in [5.41, 5.74) is 0.427. The number of hydrogen-bond donors (Lipinski definition) is 1. The van der Waals surface area contributed by atoms with Crippen molar-refractivity contribution in [1.29, 1.82) is 0 Å². The van der Waals surface area contributed by atoms with Crippen LogP contribution in [0.2, 0.25) is 10.3 Å². The van der Waals surface area contributed by atoms with Gasteiger partial charge >= 0.3 is 6.18 Å². The Kier molecular flexibility index (Phi) is 6.56. The minimum atomic E-state index is -4.34. The number of hydrogen-bond acceptors (Lipinski definition) is 3. The molecule has 17 heavy (non-hydrogen) atoms. The Bertz CT molecular complexity index is 346. The van der Waals surface area contributed by atoms with E-state index in [4.69, 9.17) is 23.2 Å². The summed E-state index contributed by atoms with van der Waals surface area (Å²) in [5, 5.41) is 2.03. The van der Waals surface area contributed by atoms with Crippen molar-refractivity contribution in [3.05, 3.63) is 15.9 Å². The molecule has 0 radical (unpaired) electrons. The molecule has 0 spiro atoms. The first-order chi connectivity index (χ1) is 7.79. The van der Waals surface area contributed by atoms with Crippen molar-refractivity contribution < 1.29 is 13.2 Å². The smallest absolute Gasteiger partial charge is 0.345 e. The highest BCUT2D eigenvalue weighted by Gasteiger charge is 2.27. The number of nitrogens with zero attached hydrogens (tertiary/aromatic N) is 2. The lowest BCUT2D eigenvalue weighted by molar-refractivity contribution is -0.115. The van der Waals surface area contributed by atoms with Crippen molar-refractivity contribution in [2.45, 2.75) is 26.9 Å². The van der Waals surface area contributed by atoms with E-state index in [1.54, 1.807) is 6.92 Å². The molecule has 1 aromatic rings. The summed E-state index contributed by atoms with van der Waals surface area (Å²) in [4.78, 5) is 7.19. The molecule has 0 unspecified atom stereocenters. The minimum absolute atomic E-state index is 0.0275. The van der Waals surface area contributed by atoms with E-state index in [2.05, 4.69) is 9.97 Å². The van der Waals surface area contributed by atoms with Crippen molar-refractivity contribution in [3.63, 3.8) is 0 Å². The van der Waals surface area contributed by atoms with Gasteiger partial charge in [0.25, 0.3) is 0 Å². The summed E-state index contributed by atoms with van der Waals surface area (Å²) in [6.45, 7) is 4.33. The Hall–Kier alpha value is -0.750. The highest BCUT2D eigenvalue weighted by Crippen LogP contribution is 2.22. The summed E-state index contributed by atoms with van der Waals surface area (Å²) >= 11 is 11.2. The molecule has 1 heterocycles. The molecule has 0 amide bonds. The third-order valence-electron chi connectivity index (χ3n) is 1.47. The molecule has 0 saturated heterocycles. The van der Waals surface area contributed by atoms with E-state index in [1.807, 2.05) is 19.2 Å². The van der Waals surface area contributed by atoms with Crippen molar-refractivity contribution in [2.24, 2.45) is 0 Å². The van der Waals surface area contributed by atoms with Crippen LogP contribution in [0, 0.1) is 6.92 Å². The van der Waals surface area contributed by atoms with E-state index < -0.39 is 12.7 Å². The van der Waals surface area contributed by atoms with Crippen LogP contribution in [0.15, 0.2) is 0 Å². The van der Waals surface area contributed by atoms with Crippen molar-refractivity contribution >= 4 is 29.2 Å². The Balaban J connectivity index is 0.00000121. The van der Waals surface area contributed by atoms with Gasteiger partial charge in [-0.1, -0.05) is 37.0 Å². The Morgan fingerprint density at radius 2 is 1.53 bits per heavy atom. The highest BCUT2D eigenvalue weighted by atomic mass is 35.5. The third-order valence-corrected chi connectivity index (χ3v) is 2.21. The summed E-state index contributed by atoms with van der Waals surface area (Å²) in [6, 6.07) is 0. The van der Waals surface area contributed by atoms with E-state index in [0.717, 1.165) is 0 Å². The van der Waals surface area contributed by atoms with Crippen molar-refractivity contribution in [3.8, 4) is 0 Å². The lowest BCUT2D eigenvalue weighted by Gasteiger charge is -2.09. The molecule has 0 bridgehead atoms. The summed E-state index contributed by atoms with van der Waals surface area (Å²) in [7, 11) is 0. The second kappa shape index (κ2) is 6.86. The molecular weight excluding hydrogens is 278 g/mol. The number of rotatable bonds is 2. The Morgan fingerprint density at radius 3 is 1.88 bits per heavy atom. The summed E-state index contributed by atoms with van der Waals surface area (Å²) < 4.78 is 35.5. The number of anilines is 1. The zero-order valence-corrected chi connectivity index (χ0v) is 11.0. The molecular formula is C9H12Cl2F3N3. The largest absolute Gasteiger partial charge is 0.405 e. The van der Waals surface area contributed by atoms with E-state index >= 15 is 0 Å². The van der Waals surface area contributed by atoms with Crippen LogP contribution < -0.4 is 5.32 Å². The standard InChI is InChI=1S/C7H6Cl2F3N3.C2H6/c1-3-4(8)14-6(15-5(3)9)13-2-7(10,11)12;1-2/h2H2,1H3,(H,13,14,15);1-2H3. The van der Waals surface area contributed by atoms with Crippen LogP contribution in [0.1, 0.15) is 19.4 Å². The normalized spacial score (nSPS) is 10.6. The molecule has 1 aromatic heterocycles. The van der Waals surface area contributed by atoms with Gasteiger partial charge in [-0.3, -0.25) is 0 Å². The van der Waals surface area contributed by atoms with Crippen molar-refractivity contribution in [1.82, 2.24) is 9.97 Å². The lowest BCUT2D eigenvalue weighted by Crippen LogP contribution is -2.22. The van der Waals surface area contributed by atoms with Gasteiger partial charge in [0.15, 0.2) is 0 Å². The van der Waals surface area contributed by atoms with E-state index in [-0.39, 0.29) is 16.3 Å². The first-order valence-corrected chi connectivity index (χ1v) is 5.55. The van der Waals surface area contributed by atoms with Crippen LogP contribution in [-0.2, 0) is 0 Å². The van der Waals surface area contributed by atoms with Crippen LogP contribution in [-0.4, -0.2) is 22.7 Å². The van der Waals surface area contributed by atoms with E-state index in [0.29, 0.717) is 5.56 Å². The van der Waals surface area contributed by atoms with E-state index in [1.165, 1.54) is 0 Å². The highest BCUT2D eigenvalue weighted by molar-refractivity contribution is 6.34. The molecule has 8 heteroatoms. The molecule has 0 saturated carbocycles. The maximum atomic E-state index is 11.8. The first kappa shape index (κ1) is 16.2. The fourth-order valence-corrected chi connectivity index (χ4v) is 1.11. The SMILES string of the molecule is CC.Cc1c(Cl)nc(NCC(F)(F)F)nc1Cl. The van der Waals surface area contributed by atoms with Crippen LogP contribution >= 0.6 is 23.2 Å². The number of nitrogens with one attached hydrogen (secondary N) is 1. The van der Waals surface area contributed by atoms with Gasteiger partial charge in [-0.25, -0.2) is 9.97 Å². The summed E-state index contributed by atoms with van der Waals surface area (Å²) in [5.74, 6) is -0.243. The molecule has 0 atom stereocenters. The van der Waals surface area contributed by atoms with Gasteiger partial charge in [0.2, 0.25) is 5.95 Å². The van der Waals surface area contributed by atoms with Gasteiger partial charge in [-0.05, 0) is 6.92 Å². The zero-order chi connectivity index (χ0) is 13.6. The third kappa shape index (κ3) is 5.93. The Labute approximate surface area is 107 Å². The maximum Gasteiger partial charge on any atom is 0.405 e. The number of aromatic nitrogens is 2. The topological polar surface area (TPSA) is 37.8 Å². The monoisotopic (exact) mass is 289 g/mol. The fraction of sp³-hybridized carbons (Fsp3) is 0.556. The minimum Gasteiger partial charge on any atom is -0.345 e. The fourth-order valence-electron chi connectivity index (χ4n) is 0.722. The average molecular weight is 290 g/mol. The lowest BCUT2D eigenvalue weighted by atomic mass is 10.4. The van der Waals surface area contributed by atoms with Crippen LogP contribution in [0.25, 0.3) is 0 Å². The van der Waals surface area contributed by atoms with Gasteiger partial charge in [0.1, 0.15) is 16.9 Å². The average Bonchev–Trinajstić information content (AvgIpc) is 2.24. The maximum absolute atomic E-state index is 11.8. The Morgan fingerprint density at radius 1 is 1.12 bits per heavy atom. The van der Waals surface area contributed by atoms with Crippen LogP contribution in [0.4, 0.5) is 19.1 Å². The molecule has 0 aliphatic rings. The first-order valence-electron chi connectivity index (χ1n) is 4.80. The van der Waals surface area contributed by atoms with E-state index in [9.17, 15) is 13.2 Å². The molecule has 3 nitrogen and oxygen atoms in total. The molecule has 0 fully saturated rings. The molecule has 0 aliphatic carbocycles. The number of alkyl halides is 3. The van der Waals surface area contributed by atoms with Gasteiger partial charge in [0, 0.05) is 5.56 Å². The predicted molar refractivity (Wildman–Crippen MR) is 62.7 cm³/mol. The summed E-state index contributed by atoms with van der Waals surface area (Å²) in [6.07, 6.45) is -4.34. The predicted octanol–water partition coefficient (Wildman–Crippen LogP) is 4.09. The quantitative estimate of drug-likeness (QED) is 0.833. The van der Waals surface area contributed by atoms with Gasteiger partial charge in [0.05, 0.1) is 0 Å². The van der Waals surface area contributed by atoms with Gasteiger partial charge in [-0.15, -0.1) is 0 Å². The zero-order valence-electron chi connectivity index (χ0n) is 9.49. The molecule has 1 N–H and O–H groups in total. The molecule has 98 valence electrons. The van der Waals surface area contributed by atoms with Gasteiger partial charge < -0.3 is 5.32 Å². The second-order valence-electron chi connectivity index (χ2n) is 2.72. The molecule has 1 rings (SSSR count). The van der Waals surface area contributed by atoms with Crippen molar-refractivity contribution in [2.75, 3.05) is 11.9 Å². The second-order valence-corrected chi connectivity index (χ2v) is 3.44. The number of halogens is 5. The molecule has 0 aliphatic heterocycles. The van der Waals surface area contributed by atoms with Crippen LogP contribution in [0.3, 0.4) is 0 Å². The van der Waals surface area contributed by atoms with Crippen LogP contribution in [0.5, 0.6) is 0 Å². The molecule has 0 aromatic carbocycles. The van der Waals surface area contributed by atoms with Gasteiger partial charge in [-0.2, -0.15) is 13.2 Å².